The van der Waals surface area contributed by atoms with Crippen molar-refractivity contribution >= 4 is 22.2 Å². The molecule has 0 bridgehead atoms. The molecule has 2 aromatic carbocycles. The van der Waals surface area contributed by atoms with Crippen molar-refractivity contribution in [3.8, 4) is 11.5 Å². The maximum atomic E-state index is 12.9. The van der Waals surface area contributed by atoms with Crippen LogP contribution in [0.1, 0.15) is 10.4 Å². The van der Waals surface area contributed by atoms with Gasteiger partial charge in [0.15, 0.2) is 6.29 Å². The maximum absolute atomic E-state index is 12.9. The van der Waals surface area contributed by atoms with Crippen LogP contribution in [0, 0.1) is 5.82 Å². The van der Waals surface area contributed by atoms with Gasteiger partial charge in [-0.1, -0.05) is 6.07 Å². The second-order valence-corrected chi connectivity index (χ2v) is 4.21. The molecule has 0 spiro atoms. The third-order valence-corrected chi connectivity index (χ3v) is 2.82. The Kier molecular flexibility index (Phi) is 3.54. The molecule has 0 N–H and O–H groups in total. The Morgan fingerprint density at radius 2 is 1.88 bits per heavy atom. The lowest BCUT2D eigenvalue weighted by Crippen LogP contribution is -1.87. The summed E-state index contributed by atoms with van der Waals surface area (Å²) in [5, 5.41) is 0. The van der Waals surface area contributed by atoms with Crippen LogP contribution in [0.2, 0.25) is 0 Å². The van der Waals surface area contributed by atoms with Crippen LogP contribution in [0.4, 0.5) is 4.39 Å². The van der Waals surface area contributed by atoms with E-state index in [4.69, 9.17) is 4.74 Å². The van der Waals surface area contributed by atoms with Gasteiger partial charge in [0, 0.05) is 16.1 Å². The molecular formula is C13H8BrFO2. The van der Waals surface area contributed by atoms with Gasteiger partial charge in [-0.3, -0.25) is 4.79 Å². The minimum Gasteiger partial charge on any atom is -0.457 e. The highest BCUT2D eigenvalue weighted by atomic mass is 79.9. The van der Waals surface area contributed by atoms with E-state index in [1.807, 2.05) is 0 Å². The van der Waals surface area contributed by atoms with Crippen LogP contribution in [0.3, 0.4) is 0 Å². The quantitative estimate of drug-likeness (QED) is 0.793. The summed E-state index contributed by atoms with van der Waals surface area (Å²) < 4.78 is 19.0. The topological polar surface area (TPSA) is 26.3 Å². The fraction of sp³-hybridized carbons (Fsp3) is 0. The van der Waals surface area contributed by atoms with Crippen LogP contribution in [0.25, 0.3) is 0 Å². The van der Waals surface area contributed by atoms with Crippen LogP contribution in [0.15, 0.2) is 46.9 Å². The van der Waals surface area contributed by atoms with E-state index in [9.17, 15) is 9.18 Å². The van der Waals surface area contributed by atoms with Gasteiger partial charge in [-0.05, 0) is 46.3 Å². The van der Waals surface area contributed by atoms with Crippen molar-refractivity contribution in [1.29, 1.82) is 0 Å². The lowest BCUT2D eigenvalue weighted by Gasteiger charge is -2.06. The van der Waals surface area contributed by atoms with E-state index in [2.05, 4.69) is 15.9 Å². The Morgan fingerprint density at radius 3 is 2.53 bits per heavy atom. The molecule has 0 saturated heterocycles. The fourth-order valence-corrected chi connectivity index (χ4v) is 1.78. The molecule has 17 heavy (non-hydrogen) atoms. The number of carbonyl (C=O) groups excluding carboxylic acids is 1. The first-order valence-electron chi connectivity index (χ1n) is 4.87. The smallest absolute Gasteiger partial charge is 0.151 e. The number of ether oxygens (including phenoxy) is 1. The summed E-state index contributed by atoms with van der Waals surface area (Å²) in [6, 6.07) is 10.8. The summed E-state index contributed by atoms with van der Waals surface area (Å²) in [5.74, 6) is 0.593. The van der Waals surface area contributed by atoms with Crippen LogP contribution in [-0.2, 0) is 0 Å². The van der Waals surface area contributed by atoms with E-state index in [0.29, 0.717) is 21.5 Å². The van der Waals surface area contributed by atoms with Crippen molar-refractivity contribution in [2.75, 3.05) is 0 Å². The Hall–Kier alpha value is -1.68. The molecule has 0 aromatic heterocycles. The van der Waals surface area contributed by atoms with Crippen molar-refractivity contribution in [3.63, 3.8) is 0 Å². The standard InChI is InChI=1S/C13H8BrFO2/c14-13-7-12(5-4-9(13)8-16)17-11-3-1-2-10(15)6-11/h1-8H. The Balaban J connectivity index is 2.24. The molecule has 0 saturated carbocycles. The molecule has 0 heterocycles. The molecule has 0 aliphatic carbocycles. The monoisotopic (exact) mass is 294 g/mol. The van der Waals surface area contributed by atoms with E-state index in [0.717, 1.165) is 6.29 Å². The summed E-state index contributed by atoms with van der Waals surface area (Å²) in [7, 11) is 0. The molecule has 0 fully saturated rings. The predicted molar refractivity (Wildman–Crippen MR) is 66.0 cm³/mol. The average molecular weight is 295 g/mol. The SMILES string of the molecule is O=Cc1ccc(Oc2cccc(F)c2)cc1Br. The minimum absolute atomic E-state index is 0.355. The fourth-order valence-electron chi connectivity index (χ4n) is 1.33. The second-order valence-electron chi connectivity index (χ2n) is 3.36. The molecule has 0 amide bonds. The minimum atomic E-state index is -0.355. The maximum Gasteiger partial charge on any atom is 0.151 e. The van der Waals surface area contributed by atoms with E-state index < -0.39 is 0 Å². The molecule has 0 radical (unpaired) electrons. The summed E-state index contributed by atoms with van der Waals surface area (Å²) in [6.45, 7) is 0. The van der Waals surface area contributed by atoms with E-state index >= 15 is 0 Å². The van der Waals surface area contributed by atoms with Gasteiger partial charge in [0.1, 0.15) is 17.3 Å². The summed E-state index contributed by atoms with van der Waals surface area (Å²) in [4.78, 5) is 10.6. The molecule has 0 atom stereocenters. The lowest BCUT2D eigenvalue weighted by molar-refractivity contribution is 0.112. The Bertz CT molecular complexity index is 555. The van der Waals surface area contributed by atoms with E-state index in [1.54, 1.807) is 30.3 Å². The number of rotatable bonds is 3. The third kappa shape index (κ3) is 2.91. The van der Waals surface area contributed by atoms with Crippen LogP contribution >= 0.6 is 15.9 Å². The van der Waals surface area contributed by atoms with Crippen LogP contribution in [0.5, 0.6) is 11.5 Å². The number of halogens is 2. The van der Waals surface area contributed by atoms with E-state index in [-0.39, 0.29) is 5.82 Å². The molecule has 2 nitrogen and oxygen atoms in total. The Morgan fingerprint density at radius 1 is 1.12 bits per heavy atom. The number of carbonyl (C=O) groups is 1. The molecule has 4 heteroatoms. The van der Waals surface area contributed by atoms with Gasteiger partial charge in [0.05, 0.1) is 0 Å². The largest absolute Gasteiger partial charge is 0.457 e. The van der Waals surface area contributed by atoms with Crippen molar-refractivity contribution < 1.29 is 13.9 Å². The highest BCUT2D eigenvalue weighted by Crippen LogP contribution is 2.26. The summed E-state index contributed by atoms with van der Waals surface area (Å²) in [6.07, 6.45) is 0.746. The van der Waals surface area contributed by atoms with Crippen molar-refractivity contribution in [2.45, 2.75) is 0 Å². The highest BCUT2D eigenvalue weighted by molar-refractivity contribution is 9.10. The van der Waals surface area contributed by atoms with E-state index in [1.165, 1.54) is 12.1 Å². The van der Waals surface area contributed by atoms with Gasteiger partial charge < -0.3 is 4.74 Å². The number of hydrogen-bond acceptors (Lipinski definition) is 2. The molecule has 0 aliphatic rings. The summed E-state index contributed by atoms with van der Waals surface area (Å²) >= 11 is 3.25. The zero-order valence-electron chi connectivity index (χ0n) is 8.69. The van der Waals surface area contributed by atoms with Gasteiger partial charge in [-0.2, -0.15) is 0 Å². The highest BCUT2D eigenvalue weighted by Gasteiger charge is 2.03. The Labute approximate surface area is 106 Å². The van der Waals surface area contributed by atoms with Gasteiger partial charge >= 0.3 is 0 Å². The molecule has 0 aliphatic heterocycles. The first kappa shape index (κ1) is 11.8. The number of benzene rings is 2. The first-order chi connectivity index (χ1) is 8.19. The van der Waals surface area contributed by atoms with Crippen LogP contribution < -0.4 is 4.74 Å². The van der Waals surface area contributed by atoms with Crippen molar-refractivity contribution in [2.24, 2.45) is 0 Å². The van der Waals surface area contributed by atoms with Gasteiger partial charge in [0.2, 0.25) is 0 Å². The molecule has 2 rings (SSSR count). The predicted octanol–water partition coefficient (Wildman–Crippen LogP) is 4.19. The molecule has 0 unspecified atom stereocenters. The van der Waals surface area contributed by atoms with Crippen LogP contribution in [-0.4, -0.2) is 6.29 Å². The van der Waals surface area contributed by atoms with Crippen molar-refractivity contribution in [3.05, 3.63) is 58.3 Å². The molecule has 86 valence electrons. The second kappa shape index (κ2) is 5.10. The van der Waals surface area contributed by atoms with Gasteiger partial charge in [-0.25, -0.2) is 4.39 Å². The first-order valence-corrected chi connectivity index (χ1v) is 5.66. The molecule has 2 aromatic rings. The zero-order valence-corrected chi connectivity index (χ0v) is 10.3. The number of aldehydes is 1. The van der Waals surface area contributed by atoms with Crippen molar-refractivity contribution in [1.82, 2.24) is 0 Å². The van der Waals surface area contributed by atoms with Gasteiger partial charge in [-0.15, -0.1) is 0 Å². The lowest BCUT2D eigenvalue weighted by atomic mass is 10.2. The molecular weight excluding hydrogens is 287 g/mol. The van der Waals surface area contributed by atoms with Gasteiger partial charge in [0.25, 0.3) is 0 Å². The summed E-state index contributed by atoms with van der Waals surface area (Å²) in [5.41, 5.74) is 0.539. The third-order valence-electron chi connectivity index (χ3n) is 2.13. The number of hydrogen-bond donors (Lipinski definition) is 0. The average Bonchev–Trinajstić information content (AvgIpc) is 2.29. The zero-order chi connectivity index (χ0) is 12.3. The normalized spacial score (nSPS) is 10.0.